The molecule has 118 valence electrons. The third-order valence-corrected chi connectivity index (χ3v) is 4.72. The Morgan fingerprint density at radius 2 is 1.86 bits per heavy atom. The highest BCUT2D eigenvalue weighted by Crippen LogP contribution is 2.28. The van der Waals surface area contributed by atoms with Crippen LogP contribution >= 0.6 is 11.6 Å². The molecule has 1 aliphatic rings. The van der Waals surface area contributed by atoms with Crippen LogP contribution in [0.5, 0.6) is 0 Å². The van der Waals surface area contributed by atoms with E-state index in [1.165, 1.54) is 5.56 Å². The lowest BCUT2D eigenvalue weighted by Crippen LogP contribution is -2.49. The van der Waals surface area contributed by atoms with Gasteiger partial charge in [0.2, 0.25) is 0 Å². The summed E-state index contributed by atoms with van der Waals surface area (Å²) >= 11 is 6.49. The number of halogens is 1. The molecule has 1 aromatic carbocycles. The Balaban J connectivity index is 2.01. The van der Waals surface area contributed by atoms with Crippen LogP contribution in [0, 0.1) is 0 Å². The standard InChI is InChI=1S/C17H28ClN3/c1-4-15(19)11-14-5-6-17(16(18)12-14)21-9-7-20(8-10-21)13(2)3/h5-6,12-13,15H,4,7-11,19H2,1-3H3. The lowest BCUT2D eigenvalue weighted by Gasteiger charge is -2.38. The zero-order valence-electron chi connectivity index (χ0n) is 13.5. The average molecular weight is 310 g/mol. The van der Waals surface area contributed by atoms with Crippen molar-refractivity contribution in [2.75, 3.05) is 31.1 Å². The minimum absolute atomic E-state index is 0.224. The number of rotatable bonds is 5. The van der Waals surface area contributed by atoms with Crippen molar-refractivity contribution in [3.63, 3.8) is 0 Å². The molecule has 0 amide bonds. The molecule has 1 fully saturated rings. The van der Waals surface area contributed by atoms with E-state index in [2.05, 4.69) is 48.8 Å². The van der Waals surface area contributed by atoms with Crippen LogP contribution in [-0.2, 0) is 6.42 Å². The zero-order chi connectivity index (χ0) is 15.4. The SMILES string of the molecule is CCC(N)Cc1ccc(N2CCN(C(C)C)CC2)c(Cl)c1. The number of piperazine rings is 1. The fraction of sp³-hybridized carbons (Fsp3) is 0.647. The van der Waals surface area contributed by atoms with Crippen molar-refractivity contribution in [3.05, 3.63) is 28.8 Å². The van der Waals surface area contributed by atoms with Gasteiger partial charge >= 0.3 is 0 Å². The fourth-order valence-corrected chi connectivity index (χ4v) is 3.18. The summed E-state index contributed by atoms with van der Waals surface area (Å²) in [4.78, 5) is 4.91. The van der Waals surface area contributed by atoms with Gasteiger partial charge in [-0.05, 0) is 44.4 Å². The first-order valence-electron chi connectivity index (χ1n) is 8.04. The highest BCUT2D eigenvalue weighted by Gasteiger charge is 2.20. The van der Waals surface area contributed by atoms with Gasteiger partial charge in [0.1, 0.15) is 0 Å². The molecule has 1 unspecified atom stereocenters. The maximum Gasteiger partial charge on any atom is 0.0642 e. The van der Waals surface area contributed by atoms with Crippen LogP contribution in [0.4, 0.5) is 5.69 Å². The molecule has 1 heterocycles. The van der Waals surface area contributed by atoms with Crippen LogP contribution in [0.2, 0.25) is 5.02 Å². The summed E-state index contributed by atoms with van der Waals surface area (Å²) in [5, 5.41) is 0.855. The second-order valence-electron chi connectivity index (χ2n) is 6.27. The lowest BCUT2D eigenvalue weighted by molar-refractivity contribution is 0.209. The molecule has 0 saturated carbocycles. The van der Waals surface area contributed by atoms with Crippen LogP contribution in [0.15, 0.2) is 18.2 Å². The molecule has 0 aliphatic carbocycles. The zero-order valence-corrected chi connectivity index (χ0v) is 14.2. The van der Waals surface area contributed by atoms with Crippen molar-refractivity contribution in [1.82, 2.24) is 4.90 Å². The molecular formula is C17H28ClN3. The third-order valence-electron chi connectivity index (χ3n) is 4.42. The van der Waals surface area contributed by atoms with Crippen molar-refractivity contribution in [2.45, 2.75) is 45.7 Å². The predicted molar refractivity (Wildman–Crippen MR) is 92.3 cm³/mol. The summed E-state index contributed by atoms with van der Waals surface area (Å²) in [7, 11) is 0. The van der Waals surface area contributed by atoms with Crippen molar-refractivity contribution in [2.24, 2.45) is 5.73 Å². The number of benzene rings is 1. The van der Waals surface area contributed by atoms with E-state index in [1.807, 2.05) is 0 Å². The van der Waals surface area contributed by atoms with Gasteiger partial charge in [0, 0.05) is 38.3 Å². The van der Waals surface area contributed by atoms with Crippen LogP contribution in [0.3, 0.4) is 0 Å². The monoisotopic (exact) mass is 309 g/mol. The molecule has 1 aliphatic heterocycles. The molecule has 1 saturated heterocycles. The fourth-order valence-electron chi connectivity index (χ4n) is 2.86. The molecular weight excluding hydrogens is 282 g/mol. The first kappa shape index (κ1) is 16.6. The number of nitrogens with zero attached hydrogens (tertiary/aromatic N) is 2. The van der Waals surface area contributed by atoms with Gasteiger partial charge in [0.05, 0.1) is 10.7 Å². The second kappa shape index (κ2) is 7.48. The summed E-state index contributed by atoms with van der Waals surface area (Å²) in [6, 6.07) is 7.26. The van der Waals surface area contributed by atoms with Gasteiger partial charge in [0.15, 0.2) is 0 Å². The lowest BCUT2D eigenvalue weighted by atomic mass is 10.0. The number of nitrogens with two attached hydrogens (primary N) is 1. The molecule has 2 N–H and O–H groups in total. The highest BCUT2D eigenvalue weighted by atomic mass is 35.5. The summed E-state index contributed by atoms with van der Waals surface area (Å²) in [5.41, 5.74) is 8.42. The largest absolute Gasteiger partial charge is 0.368 e. The molecule has 4 heteroatoms. The molecule has 0 spiro atoms. The maximum absolute atomic E-state index is 6.49. The molecule has 2 rings (SSSR count). The molecule has 0 radical (unpaired) electrons. The molecule has 1 aromatic rings. The normalized spacial score (nSPS) is 18.3. The van der Waals surface area contributed by atoms with Crippen molar-refractivity contribution >= 4 is 17.3 Å². The topological polar surface area (TPSA) is 32.5 Å². The molecule has 3 nitrogen and oxygen atoms in total. The van der Waals surface area contributed by atoms with Crippen LogP contribution in [0.1, 0.15) is 32.8 Å². The van der Waals surface area contributed by atoms with Crippen molar-refractivity contribution in [1.29, 1.82) is 0 Å². The van der Waals surface area contributed by atoms with E-state index in [9.17, 15) is 0 Å². The molecule has 0 bridgehead atoms. The van der Waals surface area contributed by atoms with E-state index in [1.54, 1.807) is 0 Å². The molecule has 21 heavy (non-hydrogen) atoms. The van der Waals surface area contributed by atoms with Crippen LogP contribution < -0.4 is 10.6 Å². The first-order chi connectivity index (χ1) is 10.0. The second-order valence-corrected chi connectivity index (χ2v) is 6.68. The average Bonchev–Trinajstić information content (AvgIpc) is 2.47. The van der Waals surface area contributed by atoms with Crippen molar-refractivity contribution in [3.8, 4) is 0 Å². The van der Waals surface area contributed by atoms with Gasteiger partial charge in [-0.3, -0.25) is 4.90 Å². The molecule has 0 aromatic heterocycles. The number of anilines is 1. The quantitative estimate of drug-likeness (QED) is 0.907. The van der Waals surface area contributed by atoms with E-state index in [4.69, 9.17) is 17.3 Å². The van der Waals surface area contributed by atoms with Gasteiger partial charge < -0.3 is 10.6 Å². The number of hydrogen-bond acceptors (Lipinski definition) is 3. The Labute approximate surface area is 134 Å². The highest BCUT2D eigenvalue weighted by molar-refractivity contribution is 6.33. The minimum atomic E-state index is 0.224. The Morgan fingerprint density at radius 1 is 1.19 bits per heavy atom. The van der Waals surface area contributed by atoms with E-state index in [0.717, 1.165) is 49.7 Å². The van der Waals surface area contributed by atoms with Crippen LogP contribution in [0.25, 0.3) is 0 Å². The van der Waals surface area contributed by atoms with E-state index in [0.29, 0.717) is 6.04 Å². The van der Waals surface area contributed by atoms with Gasteiger partial charge in [0.25, 0.3) is 0 Å². The van der Waals surface area contributed by atoms with E-state index >= 15 is 0 Å². The minimum Gasteiger partial charge on any atom is -0.368 e. The Bertz CT molecular complexity index is 453. The summed E-state index contributed by atoms with van der Waals surface area (Å²) in [6.45, 7) is 10.9. The van der Waals surface area contributed by atoms with Gasteiger partial charge in [-0.15, -0.1) is 0 Å². The number of hydrogen-bond donors (Lipinski definition) is 1. The smallest absolute Gasteiger partial charge is 0.0642 e. The van der Waals surface area contributed by atoms with E-state index in [-0.39, 0.29) is 6.04 Å². The summed E-state index contributed by atoms with van der Waals surface area (Å²) < 4.78 is 0. The maximum atomic E-state index is 6.49. The van der Waals surface area contributed by atoms with Gasteiger partial charge in [-0.1, -0.05) is 24.6 Å². The van der Waals surface area contributed by atoms with Gasteiger partial charge in [-0.25, -0.2) is 0 Å². The Morgan fingerprint density at radius 3 is 2.38 bits per heavy atom. The predicted octanol–water partition coefficient (Wildman–Crippen LogP) is 3.15. The summed E-state index contributed by atoms with van der Waals surface area (Å²) in [5.74, 6) is 0. The summed E-state index contributed by atoms with van der Waals surface area (Å²) in [6.07, 6.45) is 1.90. The first-order valence-corrected chi connectivity index (χ1v) is 8.42. The van der Waals surface area contributed by atoms with E-state index < -0.39 is 0 Å². The Kier molecular flexibility index (Phi) is 5.91. The van der Waals surface area contributed by atoms with Crippen LogP contribution in [-0.4, -0.2) is 43.2 Å². The third kappa shape index (κ3) is 4.35. The Hall–Kier alpha value is -0.770. The van der Waals surface area contributed by atoms with Crippen molar-refractivity contribution < 1.29 is 0 Å². The van der Waals surface area contributed by atoms with Gasteiger partial charge in [-0.2, -0.15) is 0 Å². The molecule has 1 atom stereocenters.